The summed E-state index contributed by atoms with van der Waals surface area (Å²) in [7, 11) is 1.77. The Bertz CT molecular complexity index is 556. The number of benzene rings is 1. The summed E-state index contributed by atoms with van der Waals surface area (Å²) in [6.45, 7) is 0. The molecule has 94 valence electrons. The summed E-state index contributed by atoms with van der Waals surface area (Å²) >= 11 is 7.46. The number of carbonyl (C=O) groups is 1. The average Bonchev–Trinajstić information content (AvgIpc) is 2.74. The van der Waals surface area contributed by atoms with E-state index in [-0.39, 0.29) is 5.78 Å². The maximum Gasteiger partial charge on any atom is 0.150 e. The molecule has 0 aliphatic carbocycles. The molecule has 6 heteroatoms. The van der Waals surface area contributed by atoms with Gasteiger partial charge in [-0.05, 0) is 12.1 Å². The number of carbonyl (C=O) groups excluding carboxylic acids is 1. The highest BCUT2D eigenvalue weighted by atomic mass is 35.5. The molecule has 0 fully saturated rings. The van der Waals surface area contributed by atoms with Crippen molar-refractivity contribution in [3.8, 4) is 0 Å². The molecule has 0 N–H and O–H groups in total. The van der Waals surface area contributed by atoms with Crippen LogP contribution in [0.2, 0.25) is 5.02 Å². The lowest BCUT2D eigenvalue weighted by Crippen LogP contribution is -2.10. The van der Waals surface area contributed by atoms with Crippen LogP contribution in [0.15, 0.2) is 35.5 Å². The summed E-state index contributed by atoms with van der Waals surface area (Å²) in [4.78, 5) is 16.7. The number of rotatable bonds is 5. The van der Waals surface area contributed by atoms with E-state index < -0.39 is 0 Å². The van der Waals surface area contributed by atoms with Crippen LogP contribution in [-0.2, 0) is 18.3 Å². The van der Waals surface area contributed by atoms with E-state index in [4.69, 9.17) is 11.6 Å². The third kappa shape index (κ3) is 3.34. The van der Waals surface area contributed by atoms with Crippen molar-refractivity contribution in [1.82, 2.24) is 14.8 Å². The zero-order valence-electron chi connectivity index (χ0n) is 9.84. The SMILES string of the molecule is Cn1ncnc1CC(=O)CSc1ccccc1Cl. The van der Waals surface area contributed by atoms with Crippen LogP contribution < -0.4 is 0 Å². The number of hydrogen-bond donors (Lipinski definition) is 0. The summed E-state index contributed by atoms with van der Waals surface area (Å²) in [5.74, 6) is 1.17. The lowest BCUT2D eigenvalue weighted by molar-refractivity contribution is -0.116. The Kier molecular flexibility index (Phi) is 4.38. The molecule has 0 radical (unpaired) electrons. The zero-order valence-corrected chi connectivity index (χ0v) is 11.4. The quantitative estimate of drug-likeness (QED) is 0.790. The molecule has 0 spiro atoms. The Labute approximate surface area is 114 Å². The van der Waals surface area contributed by atoms with Gasteiger partial charge in [0, 0.05) is 11.9 Å². The van der Waals surface area contributed by atoms with Gasteiger partial charge >= 0.3 is 0 Å². The number of thioether (sulfide) groups is 1. The number of aryl methyl sites for hydroxylation is 1. The molecule has 2 rings (SSSR count). The maximum absolute atomic E-state index is 11.8. The molecule has 18 heavy (non-hydrogen) atoms. The van der Waals surface area contributed by atoms with Crippen LogP contribution in [0.3, 0.4) is 0 Å². The zero-order chi connectivity index (χ0) is 13.0. The highest BCUT2D eigenvalue weighted by Crippen LogP contribution is 2.26. The minimum absolute atomic E-state index is 0.107. The van der Waals surface area contributed by atoms with Crippen molar-refractivity contribution in [2.24, 2.45) is 7.05 Å². The van der Waals surface area contributed by atoms with Gasteiger partial charge in [-0.25, -0.2) is 4.98 Å². The number of Topliss-reactive ketones (excluding diaryl/α,β-unsaturated/α-hetero) is 1. The number of hydrogen-bond acceptors (Lipinski definition) is 4. The molecule has 0 saturated heterocycles. The second kappa shape index (κ2) is 6.02. The fraction of sp³-hybridized carbons (Fsp3) is 0.250. The van der Waals surface area contributed by atoms with Crippen molar-refractivity contribution < 1.29 is 4.79 Å². The first-order valence-corrected chi connectivity index (χ1v) is 6.75. The van der Waals surface area contributed by atoms with Crippen molar-refractivity contribution in [3.05, 3.63) is 41.4 Å². The molecule has 0 saturated carbocycles. The second-order valence-electron chi connectivity index (χ2n) is 3.73. The van der Waals surface area contributed by atoms with E-state index in [0.717, 1.165) is 4.90 Å². The third-order valence-corrected chi connectivity index (χ3v) is 3.96. The van der Waals surface area contributed by atoms with Gasteiger partial charge in [0.15, 0.2) is 5.78 Å². The van der Waals surface area contributed by atoms with Crippen molar-refractivity contribution in [1.29, 1.82) is 0 Å². The second-order valence-corrected chi connectivity index (χ2v) is 5.16. The summed E-state index contributed by atoms with van der Waals surface area (Å²) in [5.41, 5.74) is 0. The van der Waals surface area contributed by atoms with E-state index >= 15 is 0 Å². The van der Waals surface area contributed by atoms with Gasteiger partial charge < -0.3 is 0 Å². The summed E-state index contributed by atoms with van der Waals surface area (Å²) in [6.07, 6.45) is 1.75. The molecule has 0 amide bonds. The third-order valence-electron chi connectivity index (χ3n) is 2.39. The van der Waals surface area contributed by atoms with Crippen LogP contribution in [-0.4, -0.2) is 26.3 Å². The molecule has 0 aliphatic rings. The Morgan fingerprint density at radius 3 is 2.89 bits per heavy atom. The Hall–Kier alpha value is -1.33. The normalized spacial score (nSPS) is 10.6. The predicted octanol–water partition coefficient (Wildman–Crippen LogP) is 2.37. The van der Waals surface area contributed by atoms with Gasteiger partial charge in [0.25, 0.3) is 0 Å². The number of ketones is 1. The van der Waals surface area contributed by atoms with Crippen LogP contribution in [0.4, 0.5) is 0 Å². The molecule has 0 unspecified atom stereocenters. The summed E-state index contributed by atoms with van der Waals surface area (Å²) in [5, 5.41) is 4.60. The molecule has 2 aromatic rings. The first-order chi connectivity index (χ1) is 8.66. The van der Waals surface area contributed by atoms with Crippen LogP contribution in [0, 0.1) is 0 Å². The summed E-state index contributed by atoms with van der Waals surface area (Å²) in [6, 6.07) is 7.49. The van der Waals surface area contributed by atoms with Crippen LogP contribution in [0.5, 0.6) is 0 Å². The van der Waals surface area contributed by atoms with Gasteiger partial charge in [-0.1, -0.05) is 23.7 Å². The lowest BCUT2D eigenvalue weighted by Gasteiger charge is -2.03. The summed E-state index contributed by atoms with van der Waals surface area (Å²) < 4.78 is 1.61. The highest BCUT2D eigenvalue weighted by Gasteiger charge is 2.09. The molecule has 1 aromatic carbocycles. The molecule has 0 atom stereocenters. The van der Waals surface area contributed by atoms with Crippen molar-refractivity contribution >= 4 is 29.1 Å². The van der Waals surface area contributed by atoms with Gasteiger partial charge in [-0.15, -0.1) is 11.8 Å². The van der Waals surface area contributed by atoms with E-state index in [0.29, 0.717) is 23.0 Å². The smallest absolute Gasteiger partial charge is 0.150 e. The van der Waals surface area contributed by atoms with Gasteiger partial charge in [0.05, 0.1) is 17.2 Å². The molecule has 1 aromatic heterocycles. The molecular formula is C12H12ClN3OS. The minimum Gasteiger partial charge on any atom is -0.298 e. The Balaban J connectivity index is 1.90. The number of nitrogens with zero attached hydrogens (tertiary/aromatic N) is 3. The lowest BCUT2D eigenvalue weighted by atomic mass is 10.3. The topological polar surface area (TPSA) is 47.8 Å². The van der Waals surface area contributed by atoms with Gasteiger partial charge in [0.2, 0.25) is 0 Å². The molecular weight excluding hydrogens is 270 g/mol. The monoisotopic (exact) mass is 281 g/mol. The van der Waals surface area contributed by atoms with Crippen LogP contribution >= 0.6 is 23.4 Å². The standard InChI is InChI=1S/C12H12ClN3OS/c1-16-12(14-8-15-16)6-9(17)7-18-11-5-3-2-4-10(11)13/h2-5,8H,6-7H2,1H3. The molecule has 4 nitrogen and oxygen atoms in total. The maximum atomic E-state index is 11.8. The van der Waals surface area contributed by atoms with Crippen LogP contribution in [0.1, 0.15) is 5.82 Å². The molecule has 0 bridgehead atoms. The van der Waals surface area contributed by atoms with E-state index in [2.05, 4.69) is 10.1 Å². The average molecular weight is 282 g/mol. The van der Waals surface area contributed by atoms with Gasteiger partial charge in [-0.2, -0.15) is 5.10 Å². The van der Waals surface area contributed by atoms with Crippen molar-refractivity contribution in [2.45, 2.75) is 11.3 Å². The largest absolute Gasteiger partial charge is 0.298 e. The first-order valence-electron chi connectivity index (χ1n) is 5.38. The number of aromatic nitrogens is 3. The Morgan fingerprint density at radius 2 is 2.22 bits per heavy atom. The van der Waals surface area contributed by atoms with Crippen molar-refractivity contribution in [2.75, 3.05) is 5.75 Å². The van der Waals surface area contributed by atoms with E-state index in [1.165, 1.54) is 18.1 Å². The van der Waals surface area contributed by atoms with Gasteiger partial charge in [-0.3, -0.25) is 9.48 Å². The number of halogens is 1. The first kappa shape index (κ1) is 13.1. The molecule has 0 aliphatic heterocycles. The predicted molar refractivity (Wildman–Crippen MR) is 71.9 cm³/mol. The van der Waals surface area contributed by atoms with E-state index in [1.54, 1.807) is 11.7 Å². The van der Waals surface area contributed by atoms with E-state index in [1.807, 2.05) is 24.3 Å². The fourth-order valence-electron chi connectivity index (χ4n) is 1.43. The Morgan fingerprint density at radius 1 is 1.44 bits per heavy atom. The van der Waals surface area contributed by atoms with Crippen molar-refractivity contribution in [3.63, 3.8) is 0 Å². The highest BCUT2D eigenvalue weighted by molar-refractivity contribution is 8.00. The van der Waals surface area contributed by atoms with Gasteiger partial charge in [0.1, 0.15) is 12.2 Å². The fourth-order valence-corrected chi connectivity index (χ4v) is 2.53. The van der Waals surface area contributed by atoms with E-state index in [9.17, 15) is 4.79 Å². The molecule has 1 heterocycles. The van der Waals surface area contributed by atoms with Crippen LogP contribution in [0.25, 0.3) is 0 Å². The minimum atomic E-state index is 0.107.